The lowest BCUT2D eigenvalue weighted by Crippen LogP contribution is -2.12. The molecule has 6 nitrogen and oxygen atoms in total. The number of aromatic nitrogens is 4. The molecule has 0 spiro atoms. The minimum Gasteiger partial charge on any atom is -0.302 e. The molecule has 0 aliphatic carbocycles. The molecule has 0 saturated carbocycles. The number of nitrogens with zero attached hydrogens (tertiary/aromatic N) is 4. The summed E-state index contributed by atoms with van der Waals surface area (Å²) in [6.45, 7) is 4.03. The highest BCUT2D eigenvalue weighted by atomic mass is 32.1. The summed E-state index contributed by atoms with van der Waals surface area (Å²) in [7, 11) is 0. The zero-order chi connectivity index (χ0) is 20.2. The Bertz CT molecular complexity index is 1120. The van der Waals surface area contributed by atoms with E-state index in [1.54, 1.807) is 6.20 Å². The molecule has 3 heterocycles. The first-order valence-electron chi connectivity index (χ1n) is 9.39. The van der Waals surface area contributed by atoms with Crippen molar-refractivity contribution in [1.29, 1.82) is 0 Å². The molecule has 3 aromatic heterocycles. The molecule has 0 saturated heterocycles. The summed E-state index contributed by atoms with van der Waals surface area (Å²) >= 11 is 1.40. The number of rotatable bonds is 6. The monoisotopic (exact) mass is 403 g/mol. The fourth-order valence-corrected chi connectivity index (χ4v) is 3.96. The number of para-hydroxylation sites is 1. The molecule has 29 heavy (non-hydrogen) atoms. The van der Waals surface area contributed by atoms with E-state index in [1.807, 2.05) is 72.4 Å². The summed E-state index contributed by atoms with van der Waals surface area (Å²) in [5.41, 5.74) is 5.70. The number of benzene rings is 1. The number of hydrogen-bond donors (Lipinski definition) is 1. The Morgan fingerprint density at radius 3 is 2.62 bits per heavy atom. The lowest BCUT2D eigenvalue weighted by molar-refractivity contribution is -0.116. The van der Waals surface area contributed by atoms with Gasteiger partial charge in [0.15, 0.2) is 5.13 Å². The average molecular weight is 404 g/mol. The van der Waals surface area contributed by atoms with Gasteiger partial charge < -0.3 is 5.32 Å². The molecular weight excluding hydrogens is 382 g/mol. The molecule has 0 aliphatic heterocycles. The maximum Gasteiger partial charge on any atom is 0.226 e. The molecule has 1 amide bonds. The van der Waals surface area contributed by atoms with Crippen molar-refractivity contribution in [2.45, 2.75) is 26.7 Å². The molecule has 0 bridgehead atoms. The summed E-state index contributed by atoms with van der Waals surface area (Å²) in [6.07, 6.45) is 2.74. The van der Waals surface area contributed by atoms with E-state index in [0.29, 0.717) is 18.0 Å². The van der Waals surface area contributed by atoms with Gasteiger partial charge in [-0.15, -0.1) is 11.3 Å². The van der Waals surface area contributed by atoms with E-state index in [1.165, 1.54) is 11.3 Å². The molecule has 0 radical (unpaired) electrons. The van der Waals surface area contributed by atoms with Crippen LogP contribution in [0.2, 0.25) is 0 Å². The number of carbonyl (C=O) groups excluding carboxylic acids is 1. The fraction of sp³-hybridized carbons (Fsp3) is 0.182. The predicted octanol–water partition coefficient (Wildman–Crippen LogP) is 4.58. The van der Waals surface area contributed by atoms with Gasteiger partial charge in [0.05, 0.1) is 17.1 Å². The van der Waals surface area contributed by atoms with Crippen LogP contribution in [-0.2, 0) is 11.2 Å². The van der Waals surface area contributed by atoms with E-state index in [4.69, 9.17) is 0 Å². The number of aryl methyl sites for hydroxylation is 1. The van der Waals surface area contributed by atoms with Crippen molar-refractivity contribution in [3.63, 3.8) is 0 Å². The third-order valence-electron chi connectivity index (χ3n) is 4.72. The SMILES string of the molecule is Cc1nn(-c2ccccc2)c(C)c1CCC(=O)Nc1nc(-c2ccccn2)cs1. The van der Waals surface area contributed by atoms with Gasteiger partial charge in [0.25, 0.3) is 0 Å². The number of thiazole rings is 1. The molecule has 0 unspecified atom stereocenters. The van der Waals surface area contributed by atoms with Crippen molar-refractivity contribution in [3.8, 4) is 17.1 Å². The summed E-state index contributed by atoms with van der Waals surface area (Å²) in [5.74, 6) is -0.0572. The Labute approximate surface area is 173 Å². The first-order chi connectivity index (χ1) is 14.1. The van der Waals surface area contributed by atoms with Gasteiger partial charge in [-0.3, -0.25) is 9.78 Å². The van der Waals surface area contributed by atoms with E-state index in [2.05, 4.69) is 20.4 Å². The highest BCUT2D eigenvalue weighted by Crippen LogP contribution is 2.24. The highest BCUT2D eigenvalue weighted by Gasteiger charge is 2.15. The maximum absolute atomic E-state index is 12.4. The van der Waals surface area contributed by atoms with Crippen LogP contribution in [0.25, 0.3) is 17.1 Å². The minimum absolute atomic E-state index is 0.0572. The Kier molecular flexibility index (Phi) is 5.48. The van der Waals surface area contributed by atoms with Gasteiger partial charge in [0.1, 0.15) is 5.69 Å². The van der Waals surface area contributed by atoms with E-state index < -0.39 is 0 Å². The van der Waals surface area contributed by atoms with Crippen LogP contribution in [0.4, 0.5) is 5.13 Å². The lowest BCUT2D eigenvalue weighted by atomic mass is 10.1. The molecule has 0 fully saturated rings. The van der Waals surface area contributed by atoms with Crippen LogP contribution in [0.1, 0.15) is 23.4 Å². The standard InChI is InChI=1S/C22H21N5OS/c1-15-18(16(2)27(26-15)17-8-4-3-5-9-17)11-12-21(28)25-22-24-20(14-29-22)19-10-6-7-13-23-19/h3-10,13-14H,11-12H2,1-2H3,(H,24,25,28). The summed E-state index contributed by atoms with van der Waals surface area (Å²) < 4.78 is 1.93. The Hall–Kier alpha value is -3.32. The second-order valence-electron chi connectivity index (χ2n) is 6.70. The number of pyridine rings is 1. The molecule has 4 rings (SSSR count). The maximum atomic E-state index is 12.4. The van der Waals surface area contributed by atoms with Crippen LogP contribution in [0.5, 0.6) is 0 Å². The van der Waals surface area contributed by atoms with Crippen LogP contribution in [0, 0.1) is 13.8 Å². The zero-order valence-electron chi connectivity index (χ0n) is 16.3. The first kappa shape index (κ1) is 19.0. The molecule has 4 aromatic rings. The number of amides is 1. The largest absolute Gasteiger partial charge is 0.302 e. The van der Waals surface area contributed by atoms with Crippen molar-refractivity contribution in [1.82, 2.24) is 19.7 Å². The second-order valence-corrected chi connectivity index (χ2v) is 7.56. The van der Waals surface area contributed by atoms with Crippen molar-refractivity contribution >= 4 is 22.4 Å². The van der Waals surface area contributed by atoms with Crippen molar-refractivity contribution in [2.24, 2.45) is 0 Å². The first-order valence-corrected chi connectivity index (χ1v) is 10.3. The number of carbonyl (C=O) groups is 1. The fourth-order valence-electron chi connectivity index (χ4n) is 3.24. The zero-order valence-corrected chi connectivity index (χ0v) is 17.1. The third-order valence-corrected chi connectivity index (χ3v) is 5.48. The van der Waals surface area contributed by atoms with Gasteiger partial charge in [-0.1, -0.05) is 24.3 Å². The van der Waals surface area contributed by atoms with Crippen LogP contribution in [0.3, 0.4) is 0 Å². The van der Waals surface area contributed by atoms with Crippen molar-refractivity contribution < 1.29 is 4.79 Å². The summed E-state index contributed by atoms with van der Waals surface area (Å²) in [6, 6.07) is 15.7. The van der Waals surface area contributed by atoms with Gasteiger partial charge in [-0.2, -0.15) is 5.10 Å². The smallest absolute Gasteiger partial charge is 0.226 e. The molecule has 0 aliphatic rings. The number of anilines is 1. The third kappa shape index (κ3) is 4.25. The van der Waals surface area contributed by atoms with Crippen LogP contribution in [0.15, 0.2) is 60.1 Å². The van der Waals surface area contributed by atoms with Crippen LogP contribution < -0.4 is 5.32 Å². The molecule has 1 N–H and O–H groups in total. The van der Waals surface area contributed by atoms with Gasteiger partial charge in [-0.05, 0) is 50.1 Å². The highest BCUT2D eigenvalue weighted by molar-refractivity contribution is 7.14. The van der Waals surface area contributed by atoms with E-state index in [-0.39, 0.29) is 5.91 Å². The minimum atomic E-state index is -0.0572. The van der Waals surface area contributed by atoms with E-state index in [0.717, 1.165) is 34.0 Å². The predicted molar refractivity (Wildman–Crippen MR) is 115 cm³/mol. The molecular formula is C22H21N5OS. The topological polar surface area (TPSA) is 72.7 Å². The Morgan fingerprint density at radius 1 is 1.07 bits per heavy atom. The van der Waals surface area contributed by atoms with Gasteiger partial charge >= 0.3 is 0 Å². The van der Waals surface area contributed by atoms with E-state index >= 15 is 0 Å². The van der Waals surface area contributed by atoms with E-state index in [9.17, 15) is 4.79 Å². The van der Waals surface area contributed by atoms with Crippen LogP contribution >= 0.6 is 11.3 Å². The average Bonchev–Trinajstić information content (AvgIpc) is 3.32. The van der Waals surface area contributed by atoms with Gasteiger partial charge in [0, 0.05) is 23.7 Å². The lowest BCUT2D eigenvalue weighted by Gasteiger charge is -2.05. The summed E-state index contributed by atoms with van der Waals surface area (Å²) in [4.78, 5) is 21.2. The van der Waals surface area contributed by atoms with Crippen LogP contribution in [-0.4, -0.2) is 25.7 Å². The van der Waals surface area contributed by atoms with Gasteiger partial charge in [-0.25, -0.2) is 9.67 Å². The molecule has 1 aromatic carbocycles. The number of hydrogen-bond acceptors (Lipinski definition) is 5. The summed E-state index contributed by atoms with van der Waals surface area (Å²) in [5, 5.41) is 10.0. The molecule has 7 heteroatoms. The Morgan fingerprint density at radius 2 is 1.86 bits per heavy atom. The quantitative estimate of drug-likeness (QED) is 0.511. The molecule has 146 valence electrons. The van der Waals surface area contributed by atoms with Gasteiger partial charge in [0.2, 0.25) is 5.91 Å². The van der Waals surface area contributed by atoms with Crippen molar-refractivity contribution in [3.05, 3.63) is 77.1 Å². The Balaban J connectivity index is 1.41. The normalized spacial score (nSPS) is 10.8. The molecule has 0 atom stereocenters. The number of nitrogens with one attached hydrogen (secondary N) is 1. The van der Waals surface area contributed by atoms with Crippen molar-refractivity contribution in [2.75, 3.05) is 5.32 Å². The second kappa shape index (κ2) is 8.36.